The second kappa shape index (κ2) is 6.30. The van der Waals surface area contributed by atoms with Crippen molar-refractivity contribution in [2.24, 2.45) is 11.3 Å². The lowest BCUT2D eigenvalue weighted by Crippen LogP contribution is -2.38. The molecule has 0 amide bonds. The molecule has 3 rings (SSSR count). The third-order valence-corrected chi connectivity index (χ3v) is 4.54. The third-order valence-electron chi connectivity index (χ3n) is 4.54. The predicted octanol–water partition coefficient (Wildman–Crippen LogP) is 0.962. The maximum atomic E-state index is 9.91. The summed E-state index contributed by atoms with van der Waals surface area (Å²) in [5.74, 6) is 1.55. The van der Waals surface area contributed by atoms with Crippen molar-refractivity contribution in [3.05, 3.63) is 24.5 Å². The number of ether oxygens (including phenoxy) is 1. The molecule has 2 aliphatic carbocycles. The van der Waals surface area contributed by atoms with Crippen molar-refractivity contribution in [1.29, 1.82) is 0 Å². The zero-order valence-corrected chi connectivity index (χ0v) is 12.2. The molecule has 2 fully saturated rings. The van der Waals surface area contributed by atoms with Gasteiger partial charge < -0.3 is 20.3 Å². The molecule has 0 aliphatic heterocycles. The standard InChI is InChI=1S/C16H24N2O3/c19-14-6-16(7-15(14)20,10-18-8-12-3-4-12)11-21-13-2-1-5-17-9-13/h1-2,5,9,12,14-15,18-20H,3-4,6-8,10-11H2. The van der Waals surface area contributed by atoms with Gasteiger partial charge in [-0.15, -0.1) is 0 Å². The van der Waals surface area contributed by atoms with Gasteiger partial charge in [-0.1, -0.05) is 0 Å². The molecular weight excluding hydrogens is 268 g/mol. The highest BCUT2D eigenvalue weighted by Crippen LogP contribution is 2.39. The minimum Gasteiger partial charge on any atom is -0.491 e. The molecule has 0 aromatic carbocycles. The lowest BCUT2D eigenvalue weighted by molar-refractivity contribution is 0.0438. The van der Waals surface area contributed by atoms with E-state index in [4.69, 9.17) is 4.74 Å². The van der Waals surface area contributed by atoms with Gasteiger partial charge in [0, 0.05) is 18.2 Å². The maximum Gasteiger partial charge on any atom is 0.137 e. The molecule has 2 atom stereocenters. The van der Waals surface area contributed by atoms with Crippen LogP contribution in [0.25, 0.3) is 0 Å². The average Bonchev–Trinajstić information content (AvgIpc) is 3.25. The first-order valence-corrected chi connectivity index (χ1v) is 7.77. The zero-order chi connectivity index (χ0) is 14.7. The Bertz CT molecular complexity index is 440. The van der Waals surface area contributed by atoms with Gasteiger partial charge >= 0.3 is 0 Å². The molecule has 2 saturated carbocycles. The van der Waals surface area contributed by atoms with Gasteiger partial charge in [0.1, 0.15) is 5.75 Å². The molecule has 0 radical (unpaired) electrons. The van der Waals surface area contributed by atoms with Gasteiger partial charge in [-0.3, -0.25) is 4.98 Å². The molecule has 1 aromatic heterocycles. The smallest absolute Gasteiger partial charge is 0.137 e. The first kappa shape index (κ1) is 14.8. The van der Waals surface area contributed by atoms with Crippen molar-refractivity contribution >= 4 is 0 Å². The minimum absolute atomic E-state index is 0.205. The number of rotatable bonds is 7. The van der Waals surface area contributed by atoms with Gasteiger partial charge in [-0.2, -0.15) is 0 Å². The van der Waals surface area contributed by atoms with E-state index in [0.29, 0.717) is 19.4 Å². The molecular formula is C16H24N2O3. The molecule has 5 heteroatoms. The van der Waals surface area contributed by atoms with Crippen LogP contribution in [-0.2, 0) is 0 Å². The molecule has 1 heterocycles. The Kier molecular flexibility index (Phi) is 4.42. The van der Waals surface area contributed by atoms with Gasteiger partial charge in [0.05, 0.1) is 25.0 Å². The van der Waals surface area contributed by atoms with Crippen LogP contribution in [0.4, 0.5) is 0 Å². The summed E-state index contributed by atoms with van der Waals surface area (Å²) in [7, 11) is 0. The van der Waals surface area contributed by atoms with Crippen LogP contribution >= 0.6 is 0 Å². The summed E-state index contributed by atoms with van der Waals surface area (Å²) in [6.07, 6.45) is 5.89. The number of hydrogen-bond acceptors (Lipinski definition) is 5. The van der Waals surface area contributed by atoms with Gasteiger partial charge in [0.15, 0.2) is 0 Å². The molecule has 3 N–H and O–H groups in total. The number of hydrogen-bond donors (Lipinski definition) is 3. The van der Waals surface area contributed by atoms with E-state index in [1.807, 2.05) is 12.1 Å². The number of aromatic nitrogens is 1. The van der Waals surface area contributed by atoms with E-state index in [9.17, 15) is 10.2 Å². The summed E-state index contributed by atoms with van der Waals surface area (Å²) in [5.41, 5.74) is -0.205. The molecule has 21 heavy (non-hydrogen) atoms. The van der Waals surface area contributed by atoms with E-state index >= 15 is 0 Å². The fourth-order valence-electron chi connectivity index (χ4n) is 3.09. The van der Waals surface area contributed by atoms with Crippen molar-refractivity contribution in [1.82, 2.24) is 10.3 Å². The van der Waals surface area contributed by atoms with E-state index in [0.717, 1.165) is 24.8 Å². The fraction of sp³-hybridized carbons (Fsp3) is 0.688. The minimum atomic E-state index is -0.648. The van der Waals surface area contributed by atoms with E-state index in [1.54, 1.807) is 12.4 Å². The predicted molar refractivity (Wildman–Crippen MR) is 79.0 cm³/mol. The molecule has 0 saturated heterocycles. The highest BCUT2D eigenvalue weighted by atomic mass is 16.5. The quantitative estimate of drug-likeness (QED) is 0.698. The zero-order valence-electron chi connectivity index (χ0n) is 12.2. The molecule has 2 aliphatic rings. The van der Waals surface area contributed by atoms with E-state index in [2.05, 4.69) is 10.3 Å². The van der Waals surface area contributed by atoms with Gasteiger partial charge in [-0.25, -0.2) is 0 Å². The lowest BCUT2D eigenvalue weighted by Gasteiger charge is -2.29. The summed E-state index contributed by atoms with van der Waals surface area (Å²) < 4.78 is 5.84. The van der Waals surface area contributed by atoms with Crippen LogP contribution in [0.5, 0.6) is 5.75 Å². The van der Waals surface area contributed by atoms with Crippen LogP contribution in [0.15, 0.2) is 24.5 Å². The van der Waals surface area contributed by atoms with E-state index < -0.39 is 12.2 Å². The Labute approximate surface area is 125 Å². The van der Waals surface area contributed by atoms with Crippen molar-refractivity contribution in [3.8, 4) is 5.75 Å². The van der Waals surface area contributed by atoms with Crippen molar-refractivity contribution < 1.29 is 14.9 Å². The topological polar surface area (TPSA) is 74.6 Å². The van der Waals surface area contributed by atoms with Gasteiger partial charge in [0.2, 0.25) is 0 Å². The molecule has 0 spiro atoms. The third kappa shape index (κ3) is 3.93. The Morgan fingerprint density at radius 1 is 1.29 bits per heavy atom. The van der Waals surface area contributed by atoms with Crippen molar-refractivity contribution in [2.75, 3.05) is 19.7 Å². The fourth-order valence-corrected chi connectivity index (χ4v) is 3.09. The highest BCUT2D eigenvalue weighted by Gasteiger charge is 2.44. The molecule has 0 bridgehead atoms. The maximum absolute atomic E-state index is 9.91. The second-order valence-electron chi connectivity index (χ2n) is 6.59. The van der Waals surface area contributed by atoms with Crippen LogP contribution in [0.1, 0.15) is 25.7 Å². The van der Waals surface area contributed by atoms with Crippen LogP contribution in [0, 0.1) is 11.3 Å². The summed E-state index contributed by atoms with van der Waals surface area (Å²) >= 11 is 0. The Hall–Kier alpha value is -1.17. The van der Waals surface area contributed by atoms with Gasteiger partial charge in [-0.05, 0) is 50.3 Å². The highest BCUT2D eigenvalue weighted by molar-refractivity contribution is 5.15. The normalized spacial score (nSPS) is 32.3. The summed E-state index contributed by atoms with van der Waals surface area (Å²) in [6, 6.07) is 3.71. The van der Waals surface area contributed by atoms with Crippen molar-refractivity contribution in [2.45, 2.75) is 37.9 Å². The molecule has 1 aromatic rings. The Morgan fingerprint density at radius 3 is 2.67 bits per heavy atom. The van der Waals surface area contributed by atoms with Crippen LogP contribution in [0.2, 0.25) is 0 Å². The van der Waals surface area contributed by atoms with Gasteiger partial charge in [0.25, 0.3) is 0 Å². The van der Waals surface area contributed by atoms with E-state index in [1.165, 1.54) is 12.8 Å². The summed E-state index contributed by atoms with van der Waals surface area (Å²) in [5, 5.41) is 23.3. The first-order chi connectivity index (χ1) is 10.2. The Balaban J connectivity index is 1.58. The Morgan fingerprint density at radius 2 is 2.05 bits per heavy atom. The first-order valence-electron chi connectivity index (χ1n) is 7.77. The number of aliphatic hydroxyl groups excluding tert-OH is 2. The van der Waals surface area contributed by atoms with E-state index in [-0.39, 0.29) is 5.41 Å². The summed E-state index contributed by atoms with van der Waals surface area (Å²) in [6.45, 7) is 2.29. The van der Waals surface area contributed by atoms with Crippen LogP contribution in [-0.4, -0.2) is 47.1 Å². The molecule has 2 unspecified atom stereocenters. The number of nitrogens with zero attached hydrogens (tertiary/aromatic N) is 1. The van der Waals surface area contributed by atoms with Crippen LogP contribution in [0.3, 0.4) is 0 Å². The summed E-state index contributed by atoms with van der Waals surface area (Å²) in [4.78, 5) is 4.04. The number of nitrogens with one attached hydrogen (secondary N) is 1. The number of aliphatic hydroxyl groups is 2. The second-order valence-corrected chi connectivity index (χ2v) is 6.59. The van der Waals surface area contributed by atoms with Crippen LogP contribution < -0.4 is 10.1 Å². The molecule has 116 valence electrons. The largest absolute Gasteiger partial charge is 0.491 e. The average molecular weight is 292 g/mol. The number of pyridine rings is 1. The SMILES string of the molecule is OC1CC(CNCC2CC2)(COc2cccnc2)CC1O. The monoisotopic (exact) mass is 292 g/mol. The van der Waals surface area contributed by atoms with Crippen molar-refractivity contribution in [3.63, 3.8) is 0 Å². The lowest BCUT2D eigenvalue weighted by atomic mass is 9.86. The molecule has 5 nitrogen and oxygen atoms in total.